The average molecular weight is 353 g/mol. The summed E-state index contributed by atoms with van der Waals surface area (Å²) in [5.74, 6) is -0.459. The number of likely N-dealkylation sites (tertiary alicyclic amines) is 1. The maximum atomic E-state index is 13.6. The fourth-order valence-corrected chi connectivity index (χ4v) is 2.31. The summed E-state index contributed by atoms with van der Waals surface area (Å²) < 4.78 is 14.2. The molecule has 1 saturated heterocycles. The summed E-state index contributed by atoms with van der Waals surface area (Å²) in [5.41, 5.74) is 5.99. The number of nitrogens with one attached hydrogen (secondary N) is 1. The zero-order valence-corrected chi connectivity index (χ0v) is 12.6. The number of hydrogen-bond acceptors (Lipinski definition) is 2. The Hall–Kier alpha value is -0.850. The Labute approximate surface area is 126 Å². The molecule has 19 heavy (non-hydrogen) atoms. The molecule has 1 atom stereocenters. The number of urea groups is 1. The number of benzene rings is 1. The van der Waals surface area contributed by atoms with Crippen LogP contribution in [0.3, 0.4) is 0 Å². The highest BCUT2D eigenvalue weighted by Crippen LogP contribution is 2.20. The second-order valence-corrected chi connectivity index (χ2v) is 5.32. The summed E-state index contributed by atoms with van der Waals surface area (Å²) in [6.07, 6.45) is 1.81. The molecular weight excluding hydrogens is 337 g/mol. The summed E-state index contributed by atoms with van der Waals surface area (Å²) in [6.45, 7) is 1.18. The van der Waals surface area contributed by atoms with Gasteiger partial charge in [0.2, 0.25) is 0 Å². The first-order chi connectivity index (χ1) is 8.56. The van der Waals surface area contributed by atoms with Crippen LogP contribution in [0, 0.1) is 5.82 Å². The van der Waals surface area contributed by atoms with Crippen LogP contribution in [-0.4, -0.2) is 30.1 Å². The summed E-state index contributed by atoms with van der Waals surface area (Å²) in [7, 11) is 0. The van der Waals surface area contributed by atoms with Gasteiger partial charge in [-0.2, -0.15) is 0 Å². The van der Waals surface area contributed by atoms with Gasteiger partial charge >= 0.3 is 6.03 Å². The van der Waals surface area contributed by atoms with E-state index in [0.717, 1.165) is 12.8 Å². The molecule has 0 radical (unpaired) electrons. The van der Waals surface area contributed by atoms with Crippen molar-refractivity contribution in [1.29, 1.82) is 0 Å². The van der Waals surface area contributed by atoms with Crippen molar-refractivity contribution < 1.29 is 9.18 Å². The second kappa shape index (κ2) is 7.07. The Morgan fingerprint density at radius 1 is 1.53 bits per heavy atom. The highest BCUT2D eigenvalue weighted by Gasteiger charge is 2.21. The number of carbonyl (C=O) groups excluding carboxylic acids is 1. The summed E-state index contributed by atoms with van der Waals surface area (Å²) in [4.78, 5) is 13.6. The van der Waals surface area contributed by atoms with Crippen LogP contribution in [0.4, 0.5) is 14.9 Å². The molecule has 0 aliphatic carbocycles. The van der Waals surface area contributed by atoms with Gasteiger partial charge in [-0.25, -0.2) is 9.18 Å². The lowest BCUT2D eigenvalue weighted by Crippen LogP contribution is -2.47. The molecule has 3 N–H and O–H groups in total. The van der Waals surface area contributed by atoms with Gasteiger partial charge in [-0.1, -0.05) is 15.9 Å². The quantitative estimate of drug-likeness (QED) is 0.816. The zero-order valence-electron chi connectivity index (χ0n) is 10.2. The largest absolute Gasteiger partial charge is 0.326 e. The van der Waals surface area contributed by atoms with E-state index < -0.39 is 5.82 Å². The maximum Gasteiger partial charge on any atom is 0.321 e. The highest BCUT2D eigenvalue weighted by molar-refractivity contribution is 9.10. The highest BCUT2D eigenvalue weighted by atomic mass is 79.9. The van der Waals surface area contributed by atoms with Crippen LogP contribution < -0.4 is 11.1 Å². The Balaban J connectivity index is 0.00000180. The third-order valence-corrected chi connectivity index (χ3v) is 3.41. The molecule has 7 heteroatoms. The lowest BCUT2D eigenvalue weighted by atomic mass is 10.1. The third-order valence-electron chi connectivity index (χ3n) is 2.92. The van der Waals surface area contributed by atoms with Crippen LogP contribution in [0.15, 0.2) is 22.7 Å². The van der Waals surface area contributed by atoms with Crippen LogP contribution in [0.5, 0.6) is 0 Å². The van der Waals surface area contributed by atoms with Crippen molar-refractivity contribution in [1.82, 2.24) is 4.90 Å². The van der Waals surface area contributed by atoms with Crippen molar-refractivity contribution in [2.75, 3.05) is 18.4 Å². The number of nitrogens with two attached hydrogens (primary N) is 1. The Morgan fingerprint density at radius 2 is 2.26 bits per heavy atom. The van der Waals surface area contributed by atoms with Gasteiger partial charge in [-0.05, 0) is 31.0 Å². The molecule has 1 aromatic carbocycles. The molecule has 1 heterocycles. The molecule has 0 aromatic heterocycles. The SMILES string of the molecule is Cl.N[C@@H]1CCCN(C(=O)Nc2ccc(Br)cc2F)C1. The van der Waals surface area contributed by atoms with Crippen LogP contribution >= 0.6 is 28.3 Å². The van der Waals surface area contributed by atoms with Gasteiger partial charge < -0.3 is 16.0 Å². The van der Waals surface area contributed by atoms with E-state index in [-0.39, 0.29) is 30.2 Å². The molecule has 0 saturated carbocycles. The van der Waals surface area contributed by atoms with E-state index >= 15 is 0 Å². The predicted molar refractivity (Wildman–Crippen MR) is 79.1 cm³/mol. The summed E-state index contributed by atoms with van der Waals surface area (Å²) in [5, 5.41) is 2.56. The number of nitrogens with zero attached hydrogens (tertiary/aromatic N) is 1. The average Bonchev–Trinajstić information content (AvgIpc) is 2.32. The Morgan fingerprint density at radius 3 is 2.89 bits per heavy atom. The topological polar surface area (TPSA) is 58.4 Å². The number of halogens is 3. The van der Waals surface area contributed by atoms with E-state index in [4.69, 9.17) is 5.73 Å². The smallest absolute Gasteiger partial charge is 0.321 e. The minimum Gasteiger partial charge on any atom is -0.326 e. The van der Waals surface area contributed by atoms with Gasteiger partial charge in [0.1, 0.15) is 5.82 Å². The second-order valence-electron chi connectivity index (χ2n) is 4.40. The Kier molecular flexibility index (Phi) is 6.03. The van der Waals surface area contributed by atoms with E-state index in [1.807, 2.05) is 0 Å². The molecule has 106 valence electrons. The van der Waals surface area contributed by atoms with Crippen LogP contribution in [-0.2, 0) is 0 Å². The van der Waals surface area contributed by atoms with Crippen molar-refractivity contribution in [2.24, 2.45) is 5.73 Å². The Bertz CT molecular complexity index is 461. The lowest BCUT2D eigenvalue weighted by molar-refractivity contribution is 0.193. The first-order valence-electron chi connectivity index (χ1n) is 5.83. The van der Waals surface area contributed by atoms with Crippen LogP contribution in [0.2, 0.25) is 0 Å². The number of hydrogen-bond donors (Lipinski definition) is 2. The molecule has 1 aliphatic heterocycles. The maximum absolute atomic E-state index is 13.6. The molecule has 2 rings (SSSR count). The fraction of sp³-hybridized carbons (Fsp3) is 0.417. The number of amides is 2. The first-order valence-corrected chi connectivity index (χ1v) is 6.62. The van der Waals surface area contributed by atoms with E-state index in [0.29, 0.717) is 17.6 Å². The normalized spacial score (nSPS) is 18.7. The number of anilines is 1. The van der Waals surface area contributed by atoms with E-state index in [1.54, 1.807) is 11.0 Å². The van der Waals surface area contributed by atoms with Gasteiger partial charge in [0.25, 0.3) is 0 Å². The summed E-state index contributed by atoms with van der Waals surface area (Å²) in [6, 6.07) is 4.24. The monoisotopic (exact) mass is 351 g/mol. The summed E-state index contributed by atoms with van der Waals surface area (Å²) >= 11 is 3.17. The van der Waals surface area contributed by atoms with Crippen molar-refractivity contribution >= 4 is 40.1 Å². The van der Waals surface area contributed by atoms with Gasteiger partial charge in [0, 0.05) is 23.6 Å². The molecular formula is C12H16BrClFN3O. The number of piperidine rings is 1. The molecule has 0 unspecified atom stereocenters. The standard InChI is InChI=1S/C12H15BrFN3O.ClH/c13-8-3-4-11(10(14)6-8)16-12(18)17-5-1-2-9(15)7-17;/h3-4,6,9H,1-2,5,7,15H2,(H,16,18);1H/t9-;/m1./s1. The van der Waals surface area contributed by atoms with Gasteiger partial charge in [0.15, 0.2) is 0 Å². The van der Waals surface area contributed by atoms with Gasteiger partial charge in [-0.3, -0.25) is 0 Å². The van der Waals surface area contributed by atoms with E-state index in [2.05, 4.69) is 21.2 Å². The number of carbonyl (C=O) groups is 1. The van der Waals surface area contributed by atoms with Gasteiger partial charge in [-0.15, -0.1) is 12.4 Å². The molecule has 1 fully saturated rings. The van der Waals surface area contributed by atoms with Crippen LogP contribution in [0.1, 0.15) is 12.8 Å². The zero-order chi connectivity index (χ0) is 13.1. The van der Waals surface area contributed by atoms with Crippen molar-refractivity contribution in [3.8, 4) is 0 Å². The minimum absolute atomic E-state index is 0. The molecule has 2 amide bonds. The van der Waals surface area contributed by atoms with E-state index in [9.17, 15) is 9.18 Å². The van der Waals surface area contributed by atoms with Crippen LogP contribution in [0.25, 0.3) is 0 Å². The molecule has 0 bridgehead atoms. The lowest BCUT2D eigenvalue weighted by Gasteiger charge is -2.30. The molecule has 1 aliphatic rings. The predicted octanol–water partition coefficient (Wildman–Crippen LogP) is 2.97. The van der Waals surface area contributed by atoms with Crippen molar-refractivity contribution in [3.05, 3.63) is 28.5 Å². The molecule has 4 nitrogen and oxygen atoms in total. The van der Waals surface area contributed by atoms with Crippen molar-refractivity contribution in [2.45, 2.75) is 18.9 Å². The van der Waals surface area contributed by atoms with Crippen molar-refractivity contribution in [3.63, 3.8) is 0 Å². The fourth-order valence-electron chi connectivity index (χ4n) is 1.98. The minimum atomic E-state index is -0.459. The molecule has 1 aromatic rings. The first kappa shape index (κ1) is 16.2. The van der Waals surface area contributed by atoms with E-state index in [1.165, 1.54) is 12.1 Å². The van der Waals surface area contributed by atoms with Gasteiger partial charge in [0.05, 0.1) is 5.69 Å². The molecule has 0 spiro atoms. The number of rotatable bonds is 1. The third kappa shape index (κ3) is 4.33.